The summed E-state index contributed by atoms with van der Waals surface area (Å²) in [4.78, 5) is 20.0. The van der Waals surface area contributed by atoms with Gasteiger partial charge in [-0.2, -0.15) is 0 Å². The summed E-state index contributed by atoms with van der Waals surface area (Å²) >= 11 is 5.09. The van der Waals surface area contributed by atoms with E-state index in [1.807, 2.05) is 6.92 Å². The van der Waals surface area contributed by atoms with Crippen LogP contribution in [0.4, 0.5) is 0 Å². The molecule has 1 atom stereocenters. The van der Waals surface area contributed by atoms with E-state index in [2.05, 4.69) is 22.2 Å². The van der Waals surface area contributed by atoms with Crippen LogP contribution in [0.2, 0.25) is 0 Å². The van der Waals surface area contributed by atoms with E-state index in [1.165, 1.54) is 0 Å². The Morgan fingerprint density at radius 3 is 2.84 bits per heavy atom. The summed E-state index contributed by atoms with van der Waals surface area (Å²) in [6.07, 6.45) is 5.67. The van der Waals surface area contributed by atoms with Crippen LogP contribution in [-0.2, 0) is 4.79 Å². The van der Waals surface area contributed by atoms with Gasteiger partial charge in [0.05, 0.1) is 16.4 Å². The maximum absolute atomic E-state index is 12.5. The van der Waals surface area contributed by atoms with Crippen LogP contribution in [0.5, 0.6) is 0 Å². The summed E-state index contributed by atoms with van der Waals surface area (Å²) in [6.45, 7) is 4.11. The molecule has 1 aliphatic rings. The number of carbonyl (C=O) groups excluding carboxylic acids is 1. The van der Waals surface area contributed by atoms with Crippen molar-refractivity contribution in [3.05, 3.63) is 18.2 Å². The van der Waals surface area contributed by atoms with E-state index in [1.54, 1.807) is 12.4 Å². The van der Waals surface area contributed by atoms with E-state index in [0.29, 0.717) is 10.9 Å². The number of nitrogens with two attached hydrogens (primary N) is 1. The van der Waals surface area contributed by atoms with Crippen molar-refractivity contribution in [1.29, 1.82) is 0 Å². The van der Waals surface area contributed by atoms with Crippen molar-refractivity contribution < 1.29 is 4.79 Å². The lowest BCUT2D eigenvalue weighted by molar-refractivity contribution is -0.133. The topological polar surface area (TPSA) is 83.8 Å². The minimum Gasteiger partial charge on any atom is -0.392 e. The van der Waals surface area contributed by atoms with Crippen LogP contribution in [-0.4, -0.2) is 20.9 Å². The van der Waals surface area contributed by atoms with Gasteiger partial charge in [-0.05, 0) is 25.2 Å². The van der Waals surface area contributed by atoms with Crippen molar-refractivity contribution in [3.8, 4) is 0 Å². The van der Waals surface area contributed by atoms with Crippen molar-refractivity contribution >= 4 is 23.1 Å². The number of aromatic amines is 1. The number of H-pyrrole nitrogens is 1. The number of nitrogens with one attached hydrogen (secondary N) is 2. The largest absolute Gasteiger partial charge is 0.392 e. The van der Waals surface area contributed by atoms with Crippen LogP contribution in [0, 0.1) is 11.3 Å². The third kappa shape index (κ3) is 2.49. The van der Waals surface area contributed by atoms with Crippen molar-refractivity contribution in [1.82, 2.24) is 15.3 Å². The van der Waals surface area contributed by atoms with Crippen molar-refractivity contribution in [3.63, 3.8) is 0 Å². The monoisotopic (exact) mass is 280 g/mol. The molecular formula is C13H20N4OS. The summed E-state index contributed by atoms with van der Waals surface area (Å²) in [5.41, 5.74) is 5.12. The molecule has 5 nitrogen and oxygen atoms in total. The van der Waals surface area contributed by atoms with E-state index >= 15 is 0 Å². The molecule has 1 aliphatic carbocycles. The molecule has 0 bridgehead atoms. The first-order valence-electron chi connectivity index (χ1n) is 6.59. The van der Waals surface area contributed by atoms with E-state index in [0.717, 1.165) is 25.1 Å². The first-order chi connectivity index (χ1) is 8.99. The molecule has 19 heavy (non-hydrogen) atoms. The molecule has 0 aliphatic heterocycles. The van der Waals surface area contributed by atoms with E-state index in [-0.39, 0.29) is 11.9 Å². The molecule has 1 heterocycles. The van der Waals surface area contributed by atoms with Gasteiger partial charge in [-0.1, -0.05) is 26.1 Å². The third-order valence-electron chi connectivity index (χ3n) is 3.86. The Morgan fingerprint density at radius 1 is 1.74 bits per heavy atom. The maximum Gasteiger partial charge on any atom is 0.233 e. The molecule has 2 rings (SSSR count). The summed E-state index contributed by atoms with van der Waals surface area (Å²) in [6, 6.07) is -0.121. The fourth-order valence-corrected chi connectivity index (χ4v) is 3.02. The van der Waals surface area contributed by atoms with Gasteiger partial charge in [0.2, 0.25) is 5.91 Å². The second-order valence-electron chi connectivity index (χ2n) is 5.37. The zero-order valence-corrected chi connectivity index (χ0v) is 12.1. The molecular weight excluding hydrogens is 260 g/mol. The number of carbonyl (C=O) groups is 1. The van der Waals surface area contributed by atoms with Crippen LogP contribution in [0.1, 0.15) is 45.0 Å². The zero-order chi connectivity index (χ0) is 14.0. The second kappa shape index (κ2) is 5.28. The van der Waals surface area contributed by atoms with E-state index < -0.39 is 5.41 Å². The van der Waals surface area contributed by atoms with Gasteiger partial charge in [-0.25, -0.2) is 4.98 Å². The highest BCUT2D eigenvalue weighted by Gasteiger charge is 2.51. The SMILES string of the molecule is CCC(NC(=O)C1(C(N)=S)CC(C)C1)c1ncc[nH]1. The standard InChI is InChI=1S/C13H20N4OS/c1-3-9(10-15-4-5-16-10)17-12(18)13(11(14)19)6-8(2)7-13/h4-5,8-9H,3,6-7H2,1-2H3,(H2,14,19)(H,15,16)(H,17,18). The van der Waals surface area contributed by atoms with Gasteiger partial charge in [0.1, 0.15) is 5.82 Å². The molecule has 1 unspecified atom stereocenters. The van der Waals surface area contributed by atoms with Gasteiger partial charge in [0.25, 0.3) is 0 Å². The Bertz CT molecular complexity index is 465. The van der Waals surface area contributed by atoms with Gasteiger partial charge >= 0.3 is 0 Å². The molecule has 1 aromatic heterocycles. The van der Waals surface area contributed by atoms with Crippen LogP contribution in [0.3, 0.4) is 0 Å². The highest BCUT2D eigenvalue weighted by atomic mass is 32.1. The molecule has 0 aromatic carbocycles. The zero-order valence-electron chi connectivity index (χ0n) is 11.3. The summed E-state index contributed by atoms with van der Waals surface area (Å²) < 4.78 is 0. The number of nitrogens with zero attached hydrogens (tertiary/aromatic N) is 1. The molecule has 6 heteroatoms. The van der Waals surface area contributed by atoms with Crippen LogP contribution in [0.25, 0.3) is 0 Å². The number of aromatic nitrogens is 2. The summed E-state index contributed by atoms with van der Waals surface area (Å²) in [5, 5.41) is 3.01. The summed E-state index contributed by atoms with van der Waals surface area (Å²) in [7, 11) is 0. The second-order valence-corrected chi connectivity index (χ2v) is 5.81. The molecule has 0 saturated heterocycles. The molecule has 4 N–H and O–H groups in total. The predicted molar refractivity (Wildman–Crippen MR) is 77.4 cm³/mol. The third-order valence-corrected chi connectivity index (χ3v) is 4.25. The lowest BCUT2D eigenvalue weighted by Gasteiger charge is -2.44. The Labute approximate surface area is 118 Å². The number of hydrogen-bond donors (Lipinski definition) is 3. The fraction of sp³-hybridized carbons (Fsp3) is 0.615. The first kappa shape index (κ1) is 14.0. The fourth-order valence-electron chi connectivity index (χ4n) is 2.76. The highest BCUT2D eigenvalue weighted by Crippen LogP contribution is 2.46. The molecule has 1 saturated carbocycles. The number of amides is 1. The average Bonchev–Trinajstić information content (AvgIpc) is 2.84. The number of hydrogen-bond acceptors (Lipinski definition) is 3. The Morgan fingerprint density at radius 2 is 2.42 bits per heavy atom. The van der Waals surface area contributed by atoms with E-state index in [4.69, 9.17) is 18.0 Å². The first-order valence-corrected chi connectivity index (χ1v) is 7.00. The van der Waals surface area contributed by atoms with Gasteiger partial charge < -0.3 is 16.0 Å². The minimum atomic E-state index is -0.658. The van der Waals surface area contributed by atoms with Gasteiger partial charge in [-0.3, -0.25) is 4.79 Å². The number of thiocarbonyl (C=S) groups is 1. The normalized spacial score (nSPS) is 27.4. The Kier molecular flexibility index (Phi) is 3.89. The minimum absolute atomic E-state index is 0.0682. The number of imidazole rings is 1. The number of rotatable bonds is 5. The highest BCUT2D eigenvalue weighted by molar-refractivity contribution is 7.80. The molecule has 1 fully saturated rings. The van der Waals surface area contributed by atoms with Crippen LogP contribution < -0.4 is 11.1 Å². The maximum atomic E-state index is 12.5. The van der Waals surface area contributed by atoms with Gasteiger partial charge in [0, 0.05) is 12.4 Å². The predicted octanol–water partition coefficient (Wildman–Crippen LogP) is 1.68. The molecule has 0 spiro atoms. The summed E-state index contributed by atoms with van der Waals surface area (Å²) in [5.74, 6) is 1.19. The molecule has 104 valence electrons. The lowest BCUT2D eigenvalue weighted by Crippen LogP contribution is -2.56. The van der Waals surface area contributed by atoms with Gasteiger partial charge in [-0.15, -0.1) is 0 Å². The van der Waals surface area contributed by atoms with Crippen molar-refractivity contribution in [2.75, 3.05) is 0 Å². The lowest BCUT2D eigenvalue weighted by atomic mass is 9.62. The Hall–Kier alpha value is -1.43. The molecule has 1 amide bonds. The quantitative estimate of drug-likeness (QED) is 0.717. The average molecular weight is 280 g/mol. The molecule has 1 aromatic rings. The molecule has 0 radical (unpaired) electrons. The van der Waals surface area contributed by atoms with E-state index in [9.17, 15) is 4.79 Å². The Balaban J connectivity index is 2.09. The van der Waals surface area contributed by atoms with Crippen molar-refractivity contribution in [2.45, 2.75) is 39.2 Å². The smallest absolute Gasteiger partial charge is 0.233 e. The van der Waals surface area contributed by atoms with Crippen LogP contribution in [0.15, 0.2) is 12.4 Å². The van der Waals surface area contributed by atoms with Crippen molar-refractivity contribution in [2.24, 2.45) is 17.1 Å². The van der Waals surface area contributed by atoms with Gasteiger partial charge in [0.15, 0.2) is 0 Å². The van der Waals surface area contributed by atoms with Crippen LogP contribution >= 0.6 is 12.2 Å².